The first kappa shape index (κ1) is 20.2. The van der Waals surface area contributed by atoms with Crippen LogP contribution in [0, 0.1) is 5.82 Å². The van der Waals surface area contributed by atoms with Crippen LogP contribution in [-0.4, -0.2) is 18.5 Å². The molecule has 0 bridgehead atoms. The van der Waals surface area contributed by atoms with Crippen LogP contribution in [0.5, 0.6) is 0 Å². The molecule has 0 unspecified atom stereocenters. The van der Waals surface area contributed by atoms with E-state index in [0.717, 1.165) is 24.1 Å². The largest absolute Gasteiger partial charge is 0.452 e. The van der Waals surface area contributed by atoms with Gasteiger partial charge in [-0.3, -0.25) is 4.79 Å². The van der Waals surface area contributed by atoms with E-state index in [-0.39, 0.29) is 21.5 Å². The molecular formula is C19H18Cl2FNO3. The van der Waals surface area contributed by atoms with Crippen LogP contribution in [-0.2, 0) is 9.53 Å². The molecule has 2 aromatic carbocycles. The molecule has 2 rings (SSSR count). The third-order valence-corrected chi connectivity index (χ3v) is 4.54. The molecule has 1 N–H and O–H groups in total. The number of carbonyl (C=O) groups excluding carboxylic acids is 2. The molecular weight excluding hydrogens is 380 g/mol. The van der Waals surface area contributed by atoms with Crippen LogP contribution in [0.4, 0.5) is 10.1 Å². The second-order valence-electron chi connectivity index (χ2n) is 5.77. The van der Waals surface area contributed by atoms with Crippen molar-refractivity contribution in [2.75, 3.05) is 11.9 Å². The van der Waals surface area contributed by atoms with E-state index in [1.54, 1.807) is 6.07 Å². The maximum atomic E-state index is 13.5. The second kappa shape index (κ2) is 9.01. The van der Waals surface area contributed by atoms with Crippen LogP contribution in [0.2, 0.25) is 10.0 Å². The molecule has 26 heavy (non-hydrogen) atoms. The van der Waals surface area contributed by atoms with E-state index >= 15 is 0 Å². The Kier molecular flexibility index (Phi) is 7.00. The van der Waals surface area contributed by atoms with Crippen LogP contribution in [0.25, 0.3) is 0 Å². The number of carbonyl (C=O) groups is 2. The summed E-state index contributed by atoms with van der Waals surface area (Å²) < 4.78 is 18.4. The summed E-state index contributed by atoms with van der Waals surface area (Å²) in [5, 5.41) is 2.47. The van der Waals surface area contributed by atoms with Gasteiger partial charge in [0.1, 0.15) is 5.82 Å². The van der Waals surface area contributed by atoms with E-state index in [0.29, 0.717) is 5.69 Å². The lowest BCUT2D eigenvalue weighted by molar-refractivity contribution is -0.119. The monoisotopic (exact) mass is 397 g/mol. The van der Waals surface area contributed by atoms with Crippen molar-refractivity contribution < 1.29 is 18.7 Å². The molecule has 0 aliphatic carbocycles. The van der Waals surface area contributed by atoms with Crippen molar-refractivity contribution in [3.05, 3.63) is 63.4 Å². The summed E-state index contributed by atoms with van der Waals surface area (Å²) in [5.41, 5.74) is 1.47. The van der Waals surface area contributed by atoms with Crippen molar-refractivity contribution in [3.8, 4) is 0 Å². The van der Waals surface area contributed by atoms with Gasteiger partial charge >= 0.3 is 5.97 Å². The summed E-state index contributed by atoms with van der Waals surface area (Å²) in [6.45, 7) is 3.59. The molecule has 2 aromatic rings. The summed E-state index contributed by atoms with van der Waals surface area (Å²) in [7, 11) is 0. The van der Waals surface area contributed by atoms with Gasteiger partial charge in [0.15, 0.2) is 6.61 Å². The first-order valence-electron chi connectivity index (χ1n) is 8.03. The van der Waals surface area contributed by atoms with E-state index in [9.17, 15) is 14.0 Å². The van der Waals surface area contributed by atoms with Gasteiger partial charge in [0.2, 0.25) is 0 Å². The topological polar surface area (TPSA) is 55.4 Å². The number of hydrogen-bond donors (Lipinski definition) is 1. The standard InChI is InChI=1S/C19H18Cl2FNO3/c1-3-11(2)12-6-4-5-7-17(12)23-18(24)10-26-19(25)13-8-16(22)15(21)9-14(13)20/h4-9,11H,3,10H2,1-2H3,(H,23,24)/t11-/m1/s1. The van der Waals surface area contributed by atoms with Crippen LogP contribution in [0.3, 0.4) is 0 Å². The highest BCUT2D eigenvalue weighted by Crippen LogP contribution is 2.27. The fourth-order valence-corrected chi connectivity index (χ4v) is 2.79. The van der Waals surface area contributed by atoms with Gasteiger partial charge in [-0.05, 0) is 36.1 Å². The Bertz CT molecular complexity index is 826. The fraction of sp³-hybridized carbons (Fsp3) is 0.263. The Balaban J connectivity index is 2.02. The van der Waals surface area contributed by atoms with Crippen LogP contribution in [0.1, 0.15) is 42.1 Å². The Labute approximate surface area is 161 Å². The highest BCUT2D eigenvalue weighted by Gasteiger charge is 2.17. The van der Waals surface area contributed by atoms with Gasteiger partial charge in [-0.15, -0.1) is 0 Å². The number of amides is 1. The minimum atomic E-state index is -0.907. The van der Waals surface area contributed by atoms with Gasteiger partial charge < -0.3 is 10.1 Å². The zero-order valence-electron chi connectivity index (χ0n) is 14.3. The number of anilines is 1. The van der Waals surface area contributed by atoms with Crippen LogP contribution >= 0.6 is 23.2 Å². The van der Waals surface area contributed by atoms with Gasteiger partial charge in [-0.1, -0.05) is 55.2 Å². The lowest BCUT2D eigenvalue weighted by Crippen LogP contribution is -2.22. The minimum absolute atomic E-state index is 0.0519. The SMILES string of the molecule is CC[C@@H](C)c1ccccc1NC(=O)COC(=O)c1cc(F)c(Cl)cc1Cl. The average Bonchev–Trinajstić information content (AvgIpc) is 2.62. The molecule has 0 aliphatic rings. The predicted octanol–water partition coefficient (Wildman–Crippen LogP) is 5.44. The van der Waals surface area contributed by atoms with Crippen molar-refractivity contribution in [2.24, 2.45) is 0 Å². The minimum Gasteiger partial charge on any atom is -0.452 e. The van der Waals surface area contributed by atoms with E-state index in [1.807, 2.05) is 18.2 Å². The summed E-state index contributed by atoms with van der Waals surface area (Å²) in [4.78, 5) is 24.1. The molecule has 0 aliphatic heterocycles. The van der Waals surface area contributed by atoms with Gasteiger partial charge in [0.05, 0.1) is 15.6 Å². The van der Waals surface area contributed by atoms with E-state index in [1.165, 1.54) is 0 Å². The molecule has 0 heterocycles. The van der Waals surface area contributed by atoms with E-state index in [4.69, 9.17) is 27.9 Å². The highest BCUT2D eigenvalue weighted by atomic mass is 35.5. The van der Waals surface area contributed by atoms with Crippen LogP contribution in [0.15, 0.2) is 36.4 Å². The first-order valence-corrected chi connectivity index (χ1v) is 8.79. The summed E-state index contributed by atoms with van der Waals surface area (Å²) >= 11 is 11.4. The molecule has 0 spiro atoms. The van der Waals surface area contributed by atoms with Crippen molar-refractivity contribution in [3.63, 3.8) is 0 Å². The molecule has 0 radical (unpaired) electrons. The quantitative estimate of drug-likeness (QED) is 0.521. The van der Waals surface area contributed by atoms with Crippen molar-refractivity contribution >= 4 is 40.8 Å². The number of halogens is 3. The molecule has 4 nitrogen and oxygen atoms in total. The molecule has 1 amide bonds. The Morgan fingerprint density at radius 1 is 1.19 bits per heavy atom. The zero-order valence-corrected chi connectivity index (χ0v) is 15.8. The number of rotatable bonds is 6. The molecule has 0 aromatic heterocycles. The molecule has 138 valence electrons. The predicted molar refractivity (Wildman–Crippen MR) is 100 cm³/mol. The lowest BCUT2D eigenvalue weighted by atomic mass is 9.97. The second-order valence-corrected chi connectivity index (χ2v) is 6.58. The van der Waals surface area contributed by atoms with Gasteiger partial charge in [-0.2, -0.15) is 0 Å². The molecule has 0 saturated heterocycles. The number of para-hydroxylation sites is 1. The van der Waals surface area contributed by atoms with Crippen LogP contribution < -0.4 is 5.32 Å². The Morgan fingerprint density at radius 2 is 1.88 bits per heavy atom. The fourth-order valence-electron chi connectivity index (χ4n) is 2.33. The maximum absolute atomic E-state index is 13.5. The van der Waals surface area contributed by atoms with Crippen molar-refractivity contribution in [1.29, 1.82) is 0 Å². The highest BCUT2D eigenvalue weighted by molar-refractivity contribution is 6.36. The number of hydrogen-bond acceptors (Lipinski definition) is 3. The lowest BCUT2D eigenvalue weighted by Gasteiger charge is -2.15. The zero-order chi connectivity index (χ0) is 19.3. The smallest absolute Gasteiger partial charge is 0.340 e. The third-order valence-electron chi connectivity index (χ3n) is 3.94. The van der Waals surface area contributed by atoms with Gasteiger partial charge in [0.25, 0.3) is 5.91 Å². The normalized spacial score (nSPS) is 11.7. The van der Waals surface area contributed by atoms with Crippen molar-refractivity contribution in [1.82, 2.24) is 0 Å². The van der Waals surface area contributed by atoms with E-state index in [2.05, 4.69) is 19.2 Å². The third kappa shape index (κ3) is 4.96. The summed E-state index contributed by atoms with van der Waals surface area (Å²) in [6, 6.07) is 9.41. The summed E-state index contributed by atoms with van der Waals surface area (Å²) in [6.07, 6.45) is 0.919. The summed E-state index contributed by atoms with van der Waals surface area (Å²) in [5.74, 6) is -1.93. The van der Waals surface area contributed by atoms with E-state index < -0.39 is 24.3 Å². The van der Waals surface area contributed by atoms with Crippen molar-refractivity contribution in [2.45, 2.75) is 26.2 Å². The maximum Gasteiger partial charge on any atom is 0.340 e. The number of benzene rings is 2. The molecule has 7 heteroatoms. The Hall–Kier alpha value is -2.11. The molecule has 0 fully saturated rings. The van der Waals surface area contributed by atoms with Gasteiger partial charge in [0, 0.05) is 5.69 Å². The molecule has 1 atom stereocenters. The number of esters is 1. The van der Waals surface area contributed by atoms with Gasteiger partial charge in [-0.25, -0.2) is 9.18 Å². The molecule has 0 saturated carbocycles. The number of nitrogens with one attached hydrogen (secondary N) is 1. The number of ether oxygens (including phenoxy) is 1. The Morgan fingerprint density at radius 3 is 2.58 bits per heavy atom. The average molecular weight is 398 g/mol. The first-order chi connectivity index (χ1) is 12.3.